The van der Waals surface area contributed by atoms with Crippen molar-refractivity contribution >= 4 is 0 Å². The van der Waals surface area contributed by atoms with E-state index in [-0.39, 0.29) is 0 Å². The van der Waals surface area contributed by atoms with Crippen molar-refractivity contribution in [3.63, 3.8) is 0 Å². The van der Waals surface area contributed by atoms with E-state index in [1.165, 1.54) is 5.56 Å². The predicted molar refractivity (Wildman–Crippen MR) is 140 cm³/mol. The number of nitrogens with zero attached hydrogens (tertiary/aromatic N) is 4. The van der Waals surface area contributed by atoms with Crippen LogP contribution in [0.3, 0.4) is 0 Å². The Kier molecular flexibility index (Phi) is 5.51. The van der Waals surface area contributed by atoms with E-state index in [1.54, 1.807) is 6.26 Å². The fraction of sp³-hybridized carbons (Fsp3) is 0.0645. The molecule has 0 aliphatic heterocycles. The van der Waals surface area contributed by atoms with Crippen molar-refractivity contribution in [3.05, 3.63) is 150 Å². The highest BCUT2D eigenvalue weighted by Crippen LogP contribution is 2.43. The third-order valence-corrected chi connectivity index (χ3v) is 6.59. The molecule has 0 aliphatic carbocycles. The first-order chi connectivity index (χ1) is 17.8. The molecule has 0 N–H and O–H groups in total. The van der Waals surface area contributed by atoms with E-state index < -0.39 is 5.54 Å². The van der Waals surface area contributed by atoms with Gasteiger partial charge in [0.1, 0.15) is 5.54 Å². The van der Waals surface area contributed by atoms with Crippen LogP contribution < -0.4 is 0 Å². The van der Waals surface area contributed by atoms with E-state index in [9.17, 15) is 0 Å². The Morgan fingerprint density at radius 2 is 1.17 bits per heavy atom. The van der Waals surface area contributed by atoms with Gasteiger partial charge < -0.3 is 4.42 Å². The first-order valence-electron chi connectivity index (χ1n) is 11.9. The molecular weight excluding hydrogens is 444 g/mol. The molecule has 6 rings (SSSR count). The normalized spacial score (nSPS) is 11.5. The number of rotatable bonds is 6. The number of furan rings is 1. The Labute approximate surface area is 209 Å². The molecule has 0 bridgehead atoms. The van der Waals surface area contributed by atoms with Gasteiger partial charge in [-0.1, -0.05) is 121 Å². The van der Waals surface area contributed by atoms with Gasteiger partial charge in [-0.2, -0.15) is 0 Å². The number of aryl methyl sites for hydroxylation is 1. The highest BCUT2D eigenvalue weighted by atomic mass is 16.3. The van der Waals surface area contributed by atoms with Crippen molar-refractivity contribution in [1.82, 2.24) is 20.2 Å². The smallest absolute Gasteiger partial charge is 0.219 e. The van der Waals surface area contributed by atoms with Crippen LogP contribution in [0, 0.1) is 6.92 Å². The molecule has 0 unspecified atom stereocenters. The Balaban J connectivity index is 1.67. The summed E-state index contributed by atoms with van der Waals surface area (Å²) in [5, 5.41) is 13.3. The third-order valence-electron chi connectivity index (χ3n) is 6.59. The van der Waals surface area contributed by atoms with Crippen LogP contribution >= 0.6 is 0 Å². The zero-order valence-electron chi connectivity index (χ0n) is 19.8. The predicted octanol–water partition coefficient (Wildman–Crippen LogP) is 6.75. The van der Waals surface area contributed by atoms with Crippen LogP contribution in [0.15, 0.2) is 132 Å². The topological polar surface area (TPSA) is 56.7 Å². The second-order valence-electron chi connectivity index (χ2n) is 8.75. The van der Waals surface area contributed by atoms with Crippen molar-refractivity contribution < 1.29 is 4.42 Å². The highest BCUT2D eigenvalue weighted by molar-refractivity contribution is 5.77. The molecule has 0 fully saturated rings. The fourth-order valence-corrected chi connectivity index (χ4v) is 4.90. The molecule has 5 nitrogen and oxygen atoms in total. The monoisotopic (exact) mass is 468 g/mol. The molecule has 0 amide bonds. The molecule has 0 saturated heterocycles. The van der Waals surface area contributed by atoms with Crippen LogP contribution in [0.1, 0.15) is 22.3 Å². The number of aromatic nitrogens is 4. The Morgan fingerprint density at radius 3 is 1.69 bits per heavy atom. The molecule has 36 heavy (non-hydrogen) atoms. The molecule has 0 spiro atoms. The van der Waals surface area contributed by atoms with Gasteiger partial charge in [-0.3, -0.25) is 0 Å². The van der Waals surface area contributed by atoms with Gasteiger partial charge in [-0.05, 0) is 45.7 Å². The van der Waals surface area contributed by atoms with E-state index in [0.717, 1.165) is 27.8 Å². The average molecular weight is 469 g/mol. The number of benzene rings is 4. The average Bonchev–Trinajstić information content (AvgIpc) is 3.62. The quantitative estimate of drug-likeness (QED) is 0.254. The lowest BCUT2D eigenvalue weighted by Crippen LogP contribution is -2.39. The number of hydrogen-bond donors (Lipinski definition) is 0. The maximum absolute atomic E-state index is 6.07. The molecule has 0 saturated carbocycles. The summed E-state index contributed by atoms with van der Waals surface area (Å²) in [5.74, 6) is 1.17. The summed E-state index contributed by atoms with van der Waals surface area (Å²) in [6, 6.07) is 41.4. The van der Waals surface area contributed by atoms with Gasteiger partial charge in [0.05, 0.1) is 6.26 Å². The minimum Gasteiger partial charge on any atom is -0.460 e. The molecule has 174 valence electrons. The first-order valence-corrected chi connectivity index (χ1v) is 11.9. The Hall–Kier alpha value is -4.77. The lowest BCUT2D eigenvalue weighted by molar-refractivity contribution is 0.444. The second kappa shape index (κ2) is 9.12. The van der Waals surface area contributed by atoms with Crippen molar-refractivity contribution in [2.24, 2.45) is 0 Å². The van der Waals surface area contributed by atoms with E-state index in [4.69, 9.17) is 4.42 Å². The van der Waals surface area contributed by atoms with Crippen LogP contribution in [-0.4, -0.2) is 20.2 Å². The lowest BCUT2D eigenvalue weighted by atomic mass is 9.77. The van der Waals surface area contributed by atoms with Gasteiger partial charge in [-0.25, -0.2) is 4.68 Å². The fourth-order valence-electron chi connectivity index (χ4n) is 4.90. The molecule has 0 atom stereocenters. The summed E-state index contributed by atoms with van der Waals surface area (Å²) in [4.78, 5) is 0. The second-order valence-corrected chi connectivity index (χ2v) is 8.75. The van der Waals surface area contributed by atoms with Crippen LogP contribution in [0.2, 0.25) is 0 Å². The number of hydrogen-bond acceptors (Lipinski definition) is 4. The van der Waals surface area contributed by atoms with Gasteiger partial charge in [-0.15, -0.1) is 5.10 Å². The summed E-state index contributed by atoms with van der Waals surface area (Å²) in [7, 11) is 0. The van der Waals surface area contributed by atoms with E-state index >= 15 is 0 Å². The molecule has 2 aromatic heterocycles. The van der Waals surface area contributed by atoms with Gasteiger partial charge >= 0.3 is 0 Å². The first kappa shape index (κ1) is 21.7. The summed E-state index contributed by atoms with van der Waals surface area (Å²) in [6.45, 7) is 2.08. The maximum Gasteiger partial charge on any atom is 0.219 e. The van der Waals surface area contributed by atoms with Crippen molar-refractivity contribution in [2.45, 2.75) is 12.5 Å². The molecular formula is C31H24N4O. The SMILES string of the molecule is Cc1ccc(-c2ccoc2-c2nnnn2C(c2ccccc2)(c2ccccc2)c2ccccc2)cc1. The van der Waals surface area contributed by atoms with Gasteiger partial charge in [0.15, 0.2) is 5.76 Å². The summed E-state index contributed by atoms with van der Waals surface area (Å²) >= 11 is 0. The van der Waals surface area contributed by atoms with Crippen molar-refractivity contribution in [2.75, 3.05) is 0 Å². The van der Waals surface area contributed by atoms with Crippen LogP contribution in [0.25, 0.3) is 22.7 Å². The highest BCUT2D eigenvalue weighted by Gasteiger charge is 2.42. The molecule has 5 heteroatoms. The third kappa shape index (κ3) is 3.53. The molecule has 0 radical (unpaired) electrons. The van der Waals surface area contributed by atoms with Crippen LogP contribution in [0.5, 0.6) is 0 Å². The van der Waals surface area contributed by atoms with Crippen LogP contribution in [-0.2, 0) is 5.54 Å². The Bertz CT molecular complexity index is 1470. The number of tetrazole rings is 1. The van der Waals surface area contributed by atoms with Crippen LogP contribution in [0.4, 0.5) is 0 Å². The zero-order chi connectivity index (χ0) is 24.4. The van der Waals surface area contributed by atoms with Gasteiger partial charge in [0.2, 0.25) is 5.82 Å². The lowest BCUT2D eigenvalue weighted by Gasteiger charge is -2.36. The minimum absolute atomic E-state index is 0.548. The molecule has 4 aromatic carbocycles. The molecule has 2 heterocycles. The standard InChI is InChI=1S/C31H24N4O/c1-23-17-19-24(20-18-23)28-21-22-36-29(28)30-32-33-34-35(30)31(25-11-5-2-6-12-25,26-13-7-3-8-14-26)27-15-9-4-10-16-27/h2-22H,1H3. The summed E-state index contributed by atoms with van der Waals surface area (Å²) in [6.07, 6.45) is 1.69. The van der Waals surface area contributed by atoms with Crippen molar-refractivity contribution in [3.8, 4) is 22.7 Å². The Morgan fingerprint density at radius 1 is 0.639 bits per heavy atom. The largest absolute Gasteiger partial charge is 0.460 e. The minimum atomic E-state index is -0.833. The summed E-state index contributed by atoms with van der Waals surface area (Å²) < 4.78 is 7.97. The van der Waals surface area contributed by atoms with E-state index in [0.29, 0.717) is 11.6 Å². The summed E-state index contributed by atoms with van der Waals surface area (Å²) in [5.41, 5.74) is 5.47. The maximum atomic E-state index is 6.07. The molecule has 0 aliphatic rings. The molecule has 6 aromatic rings. The van der Waals surface area contributed by atoms with E-state index in [2.05, 4.69) is 83.1 Å². The van der Waals surface area contributed by atoms with E-state index in [1.807, 2.05) is 65.3 Å². The van der Waals surface area contributed by atoms with Gasteiger partial charge in [0.25, 0.3) is 0 Å². The van der Waals surface area contributed by atoms with Gasteiger partial charge in [0, 0.05) is 5.56 Å². The zero-order valence-corrected chi connectivity index (χ0v) is 19.8. The van der Waals surface area contributed by atoms with Crippen molar-refractivity contribution in [1.29, 1.82) is 0 Å².